The fourth-order valence-electron chi connectivity index (χ4n) is 2.46. The van der Waals surface area contributed by atoms with Gasteiger partial charge < -0.3 is 14.5 Å². The Bertz CT molecular complexity index is 322. The van der Waals surface area contributed by atoms with Gasteiger partial charge in [0.25, 0.3) is 0 Å². The molecule has 1 aromatic rings. The first kappa shape index (κ1) is 13.6. The van der Waals surface area contributed by atoms with E-state index in [1.54, 1.807) is 6.26 Å². The highest BCUT2D eigenvalue weighted by atomic mass is 16.5. The van der Waals surface area contributed by atoms with Crippen molar-refractivity contribution in [1.82, 2.24) is 5.32 Å². The SMILES string of the molecule is CC1(C)CCC(OCCNCc2ccco2)CC1. The molecule has 1 heterocycles. The summed E-state index contributed by atoms with van der Waals surface area (Å²) in [6, 6.07) is 3.90. The molecule has 3 heteroatoms. The van der Waals surface area contributed by atoms with Gasteiger partial charge in [-0.05, 0) is 43.2 Å². The highest BCUT2D eigenvalue weighted by Gasteiger charge is 2.26. The minimum Gasteiger partial charge on any atom is -0.468 e. The molecule has 1 aliphatic carbocycles. The van der Waals surface area contributed by atoms with Crippen LogP contribution in [0.5, 0.6) is 0 Å². The lowest BCUT2D eigenvalue weighted by molar-refractivity contribution is 0.00585. The van der Waals surface area contributed by atoms with Crippen LogP contribution in [0.3, 0.4) is 0 Å². The van der Waals surface area contributed by atoms with E-state index in [1.807, 2.05) is 12.1 Å². The van der Waals surface area contributed by atoms with Crippen molar-refractivity contribution in [2.45, 2.75) is 52.2 Å². The largest absolute Gasteiger partial charge is 0.468 e. The van der Waals surface area contributed by atoms with E-state index in [9.17, 15) is 0 Å². The maximum Gasteiger partial charge on any atom is 0.117 e. The molecular formula is C15H25NO2. The molecule has 0 atom stereocenters. The molecule has 0 amide bonds. The molecule has 18 heavy (non-hydrogen) atoms. The Hall–Kier alpha value is -0.800. The lowest BCUT2D eigenvalue weighted by atomic mass is 9.76. The summed E-state index contributed by atoms with van der Waals surface area (Å²) in [5.41, 5.74) is 0.525. The summed E-state index contributed by atoms with van der Waals surface area (Å²) in [6.45, 7) is 7.18. The zero-order valence-corrected chi connectivity index (χ0v) is 11.6. The predicted octanol–water partition coefficient (Wildman–Crippen LogP) is 3.35. The van der Waals surface area contributed by atoms with E-state index in [1.165, 1.54) is 25.7 Å². The summed E-state index contributed by atoms with van der Waals surface area (Å²) in [7, 11) is 0. The van der Waals surface area contributed by atoms with E-state index in [2.05, 4.69) is 19.2 Å². The van der Waals surface area contributed by atoms with Crippen LogP contribution in [0.2, 0.25) is 0 Å². The van der Waals surface area contributed by atoms with Crippen LogP contribution >= 0.6 is 0 Å². The number of furan rings is 1. The third-order valence-electron chi connectivity index (χ3n) is 3.80. The quantitative estimate of drug-likeness (QED) is 0.787. The molecule has 0 unspecified atom stereocenters. The Morgan fingerprint density at radius 3 is 2.83 bits per heavy atom. The smallest absolute Gasteiger partial charge is 0.117 e. The molecular weight excluding hydrogens is 226 g/mol. The second kappa shape index (κ2) is 6.39. The maximum absolute atomic E-state index is 5.90. The molecule has 1 aromatic heterocycles. The molecule has 0 bridgehead atoms. The van der Waals surface area contributed by atoms with E-state index < -0.39 is 0 Å². The standard InChI is InChI=1S/C15H25NO2/c1-15(2)7-5-13(6-8-15)18-11-9-16-12-14-4-3-10-17-14/h3-4,10,13,16H,5-9,11-12H2,1-2H3. The topological polar surface area (TPSA) is 34.4 Å². The van der Waals surface area contributed by atoms with Crippen molar-refractivity contribution < 1.29 is 9.15 Å². The average Bonchev–Trinajstić information content (AvgIpc) is 2.84. The molecule has 0 aromatic carbocycles. The number of rotatable bonds is 6. The Labute approximate surface area is 110 Å². The number of hydrogen-bond acceptors (Lipinski definition) is 3. The third kappa shape index (κ3) is 4.46. The Balaban J connectivity index is 1.51. The fraction of sp³-hybridized carbons (Fsp3) is 0.733. The van der Waals surface area contributed by atoms with Gasteiger partial charge in [-0.2, -0.15) is 0 Å². The molecule has 0 aliphatic heterocycles. The van der Waals surface area contributed by atoms with Gasteiger partial charge in [0.05, 0.1) is 25.5 Å². The van der Waals surface area contributed by atoms with Gasteiger partial charge in [0, 0.05) is 6.54 Å². The maximum atomic E-state index is 5.90. The third-order valence-corrected chi connectivity index (χ3v) is 3.80. The van der Waals surface area contributed by atoms with Crippen LogP contribution in [0, 0.1) is 5.41 Å². The molecule has 102 valence electrons. The molecule has 1 fully saturated rings. The Morgan fingerprint density at radius 1 is 1.39 bits per heavy atom. The lowest BCUT2D eigenvalue weighted by Crippen LogP contribution is -2.29. The summed E-state index contributed by atoms with van der Waals surface area (Å²) >= 11 is 0. The average molecular weight is 251 g/mol. The first-order valence-electron chi connectivity index (χ1n) is 7.00. The van der Waals surface area contributed by atoms with Crippen molar-refractivity contribution >= 4 is 0 Å². The van der Waals surface area contributed by atoms with E-state index in [0.717, 1.165) is 25.5 Å². The predicted molar refractivity (Wildman–Crippen MR) is 72.4 cm³/mol. The van der Waals surface area contributed by atoms with Gasteiger partial charge >= 0.3 is 0 Å². The molecule has 3 nitrogen and oxygen atoms in total. The molecule has 2 rings (SSSR count). The van der Waals surface area contributed by atoms with Crippen molar-refractivity contribution in [3.8, 4) is 0 Å². The van der Waals surface area contributed by atoms with E-state index >= 15 is 0 Å². The fourth-order valence-corrected chi connectivity index (χ4v) is 2.46. The monoisotopic (exact) mass is 251 g/mol. The minimum atomic E-state index is 0.475. The van der Waals surface area contributed by atoms with Crippen LogP contribution in [0.1, 0.15) is 45.3 Å². The highest BCUT2D eigenvalue weighted by molar-refractivity contribution is 4.97. The van der Waals surface area contributed by atoms with E-state index in [4.69, 9.17) is 9.15 Å². The van der Waals surface area contributed by atoms with Crippen LogP contribution in [0.25, 0.3) is 0 Å². The van der Waals surface area contributed by atoms with Crippen LogP contribution in [-0.2, 0) is 11.3 Å². The van der Waals surface area contributed by atoms with Gasteiger partial charge in [0.2, 0.25) is 0 Å². The van der Waals surface area contributed by atoms with E-state index in [-0.39, 0.29) is 0 Å². The molecule has 1 N–H and O–H groups in total. The van der Waals surface area contributed by atoms with Gasteiger partial charge in [-0.25, -0.2) is 0 Å². The van der Waals surface area contributed by atoms with Crippen molar-refractivity contribution in [2.75, 3.05) is 13.2 Å². The van der Waals surface area contributed by atoms with Crippen LogP contribution in [-0.4, -0.2) is 19.3 Å². The summed E-state index contributed by atoms with van der Waals surface area (Å²) in [4.78, 5) is 0. The zero-order chi connectivity index (χ0) is 12.8. The summed E-state index contributed by atoms with van der Waals surface area (Å²) in [5.74, 6) is 0.981. The van der Waals surface area contributed by atoms with Crippen LogP contribution in [0.4, 0.5) is 0 Å². The number of ether oxygens (including phenoxy) is 1. The summed E-state index contributed by atoms with van der Waals surface area (Å²) < 4.78 is 11.2. The highest BCUT2D eigenvalue weighted by Crippen LogP contribution is 2.35. The van der Waals surface area contributed by atoms with Crippen LogP contribution in [0.15, 0.2) is 22.8 Å². The van der Waals surface area contributed by atoms with Gasteiger partial charge in [-0.3, -0.25) is 0 Å². The van der Waals surface area contributed by atoms with Gasteiger partial charge in [-0.1, -0.05) is 13.8 Å². The Morgan fingerprint density at radius 2 is 2.17 bits per heavy atom. The van der Waals surface area contributed by atoms with Crippen molar-refractivity contribution in [3.63, 3.8) is 0 Å². The molecule has 0 saturated heterocycles. The van der Waals surface area contributed by atoms with Crippen LogP contribution < -0.4 is 5.32 Å². The number of hydrogen-bond donors (Lipinski definition) is 1. The van der Waals surface area contributed by atoms with Gasteiger partial charge in [-0.15, -0.1) is 0 Å². The molecule has 1 aliphatic rings. The molecule has 1 saturated carbocycles. The summed E-state index contributed by atoms with van der Waals surface area (Å²) in [5, 5.41) is 3.32. The Kier molecular flexibility index (Phi) is 4.84. The first-order valence-corrected chi connectivity index (χ1v) is 7.00. The van der Waals surface area contributed by atoms with E-state index in [0.29, 0.717) is 11.5 Å². The second-order valence-corrected chi connectivity index (χ2v) is 5.99. The van der Waals surface area contributed by atoms with Gasteiger partial charge in [0.1, 0.15) is 5.76 Å². The first-order chi connectivity index (χ1) is 8.66. The van der Waals surface area contributed by atoms with Gasteiger partial charge in [0.15, 0.2) is 0 Å². The molecule has 0 radical (unpaired) electrons. The summed E-state index contributed by atoms with van der Waals surface area (Å²) in [6.07, 6.45) is 7.19. The van der Waals surface area contributed by atoms with Crippen molar-refractivity contribution in [2.24, 2.45) is 5.41 Å². The minimum absolute atomic E-state index is 0.475. The second-order valence-electron chi connectivity index (χ2n) is 5.99. The molecule has 0 spiro atoms. The van der Waals surface area contributed by atoms with Crippen molar-refractivity contribution in [3.05, 3.63) is 24.2 Å². The lowest BCUT2D eigenvalue weighted by Gasteiger charge is -2.34. The normalized spacial score (nSPS) is 20.1. The zero-order valence-electron chi connectivity index (χ0n) is 11.6. The van der Waals surface area contributed by atoms with Crippen molar-refractivity contribution in [1.29, 1.82) is 0 Å². The number of nitrogens with one attached hydrogen (secondary N) is 1.